The molecule has 0 fully saturated rings. The number of fused-ring (bicyclic) bond motifs is 1. The Morgan fingerprint density at radius 2 is 2.08 bits per heavy atom. The highest BCUT2D eigenvalue weighted by atomic mass is 32.1. The van der Waals surface area contributed by atoms with Crippen LogP contribution >= 0.6 is 11.3 Å². The molecule has 0 saturated heterocycles. The van der Waals surface area contributed by atoms with Gasteiger partial charge in [0.25, 0.3) is 5.91 Å². The molecule has 3 rings (SSSR count). The van der Waals surface area contributed by atoms with Crippen molar-refractivity contribution in [2.24, 2.45) is 7.05 Å². The number of thiazole rings is 1. The Morgan fingerprint density at radius 1 is 1.27 bits per heavy atom. The minimum atomic E-state index is -0.142. The number of rotatable bonds is 7. The molecule has 0 aliphatic carbocycles. The van der Waals surface area contributed by atoms with Gasteiger partial charge in [-0.2, -0.15) is 5.10 Å². The molecule has 1 amide bonds. The van der Waals surface area contributed by atoms with Gasteiger partial charge in [0.15, 0.2) is 10.8 Å². The van der Waals surface area contributed by atoms with E-state index in [1.54, 1.807) is 28.9 Å². The smallest absolute Gasteiger partial charge is 0.280 e. The number of ether oxygens (including phenoxy) is 1. The van der Waals surface area contributed by atoms with Crippen LogP contribution in [0.4, 0.5) is 5.13 Å². The van der Waals surface area contributed by atoms with Crippen molar-refractivity contribution in [2.75, 3.05) is 38.7 Å². The summed E-state index contributed by atoms with van der Waals surface area (Å²) in [5.74, 6) is 0.669. The molecule has 0 atom stereocenters. The number of benzene rings is 1. The number of aromatic nitrogens is 3. The average molecular weight is 373 g/mol. The van der Waals surface area contributed by atoms with Crippen LogP contribution in [-0.4, -0.2) is 59.4 Å². The largest absolute Gasteiger partial charge is 0.494 e. The Bertz CT molecular complexity index is 902. The van der Waals surface area contributed by atoms with Gasteiger partial charge < -0.3 is 9.64 Å². The van der Waals surface area contributed by atoms with Gasteiger partial charge in [-0.15, -0.1) is 0 Å². The van der Waals surface area contributed by atoms with Gasteiger partial charge >= 0.3 is 0 Å². The lowest BCUT2D eigenvalue weighted by atomic mass is 10.3. The van der Waals surface area contributed by atoms with Crippen LogP contribution in [0.15, 0.2) is 30.5 Å². The third kappa shape index (κ3) is 4.03. The molecule has 138 valence electrons. The molecule has 0 unspecified atom stereocenters. The molecule has 1 aromatic carbocycles. The molecule has 2 heterocycles. The number of hydrogen-bond acceptors (Lipinski definition) is 6. The van der Waals surface area contributed by atoms with Crippen LogP contribution in [0.1, 0.15) is 17.4 Å². The summed E-state index contributed by atoms with van der Waals surface area (Å²) in [6.45, 7) is 3.85. The normalized spacial score (nSPS) is 11.3. The van der Waals surface area contributed by atoms with Crippen molar-refractivity contribution in [3.05, 3.63) is 36.2 Å². The van der Waals surface area contributed by atoms with E-state index in [1.807, 2.05) is 44.1 Å². The summed E-state index contributed by atoms with van der Waals surface area (Å²) in [5.41, 5.74) is 1.28. The molecule has 0 aliphatic heterocycles. The zero-order valence-corrected chi connectivity index (χ0v) is 16.3. The first kappa shape index (κ1) is 18.3. The van der Waals surface area contributed by atoms with Crippen LogP contribution in [0.5, 0.6) is 5.75 Å². The maximum Gasteiger partial charge on any atom is 0.280 e. The van der Waals surface area contributed by atoms with Gasteiger partial charge in [0.1, 0.15) is 5.75 Å². The van der Waals surface area contributed by atoms with Gasteiger partial charge in [-0.3, -0.25) is 14.4 Å². The van der Waals surface area contributed by atoms with E-state index in [9.17, 15) is 4.79 Å². The number of hydrogen-bond donors (Lipinski definition) is 0. The SMILES string of the molecule is CCOc1ccc2nc(N(CCN(C)C)C(=O)c3ccn(C)n3)sc2c1. The molecule has 2 aromatic heterocycles. The van der Waals surface area contributed by atoms with E-state index in [-0.39, 0.29) is 5.91 Å². The number of carbonyl (C=O) groups excluding carboxylic acids is 1. The maximum absolute atomic E-state index is 13.0. The quantitative estimate of drug-likeness (QED) is 0.637. The lowest BCUT2D eigenvalue weighted by Crippen LogP contribution is -2.37. The first-order chi connectivity index (χ1) is 12.5. The molecule has 0 N–H and O–H groups in total. The summed E-state index contributed by atoms with van der Waals surface area (Å²) < 4.78 is 8.19. The van der Waals surface area contributed by atoms with E-state index < -0.39 is 0 Å². The summed E-state index contributed by atoms with van der Waals surface area (Å²) in [6.07, 6.45) is 1.77. The van der Waals surface area contributed by atoms with Gasteiger partial charge in [0.2, 0.25) is 0 Å². The second-order valence-electron chi connectivity index (χ2n) is 6.19. The number of aryl methyl sites for hydroxylation is 1. The first-order valence-corrected chi connectivity index (χ1v) is 9.29. The zero-order valence-electron chi connectivity index (χ0n) is 15.5. The number of nitrogens with zero attached hydrogens (tertiary/aromatic N) is 5. The highest BCUT2D eigenvalue weighted by Gasteiger charge is 2.23. The third-order valence-electron chi connectivity index (χ3n) is 3.84. The molecular formula is C18H23N5O2S. The molecule has 3 aromatic rings. The third-order valence-corrected chi connectivity index (χ3v) is 4.88. The maximum atomic E-state index is 13.0. The molecule has 0 bridgehead atoms. The Labute approximate surface area is 156 Å². The molecule has 0 saturated carbocycles. The van der Waals surface area contributed by atoms with Crippen LogP contribution in [0.2, 0.25) is 0 Å². The Hall–Kier alpha value is -2.45. The zero-order chi connectivity index (χ0) is 18.7. The summed E-state index contributed by atoms with van der Waals surface area (Å²) in [4.78, 5) is 21.4. The van der Waals surface area contributed by atoms with Crippen LogP contribution in [0.3, 0.4) is 0 Å². The van der Waals surface area contributed by atoms with Gasteiger partial charge in [0.05, 0.1) is 16.8 Å². The Morgan fingerprint density at radius 3 is 2.73 bits per heavy atom. The van der Waals surface area contributed by atoms with E-state index >= 15 is 0 Å². The predicted octanol–water partition coefficient (Wildman–Crippen LogP) is 2.64. The van der Waals surface area contributed by atoms with Crippen molar-refractivity contribution in [1.29, 1.82) is 0 Å². The van der Waals surface area contributed by atoms with Crippen LogP contribution in [0, 0.1) is 0 Å². The van der Waals surface area contributed by atoms with Crippen molar-refractivity contribution in [1.82, 2.24) is 19.7 Å². The standard InChI is InChI=1S/C18H23N5O2S/c1-5-25-13-6-7-14-16(12-13)26-18(19-14)23(11-10-21(2)3)17(24)15-8-9-22(4)20-15/h6-9,12H,5,10-11H2,1-4H3. The Kier molecular flexibility index (Phi) is 5.53. The fourth-order valence-corrected chi connectivity index (χ4v) is 3.53. The van der Waals surface area contributed by atoms with Crippen LogP contribution in [-0.2, 0) is 7.05 Å². The topological polar surface area (TPSA) is 63.5 Å². The van der Waals surface area contributed by atoms with E-state index in [2.05, 4.69) is 10.1 Å². The monoisotopic (exact) mass is 373 g/mol. The van der Waals surface area contributed by atoms with Crippen molar-refractivity contribution >= 4 is 32.6 Å². The van der Waals surface area contributed by atoms with Gasteiger partial charge in [-0.25, -0.2) is 4.98 Å². The van der Waals surface area contributed by atoms with Crippen LogP contribution in [0.25, 0.3) is 10.2 Å². The highest BCUT2D eigenvalue weighted by Crippen LogP contribution is 2.32. The van der Waals surface area contributed by atoms with E-state index in [0.29, 0.717) is 24.0 Å². The predicted molar refractivity (Wildman–Crippen MR) is 104 cm³/mol. The lowest BCUT2D eigenvalue weighted by Gasteiger charge is -2.21. The average Bonchev–Trinajstić information content (AvgIpc) is 3.20. The first-order valence-electron chi connectivity index (χ1n) is 8.47. The van der Waals surface area contributed by atoms with Crippen molar-refractivity contribution < 1.29 is 9.53 Å². The summed E-state index contributed by atoms with van der Waals surface area (Å²) in [6, 6.07) is 7.52. The van der Waals surface area contributed by atoms with Gasteiger partial charge in [-0.1, -0.05) is 11.3 Å². The lowest BCUT2D eigenvalue weighted by molar-refractivity contribution is 0.0979. The van der Waals surface area contributed by atoms with Crippen molar-refractivity contribution in [3.63, 3.8) is 0 Å². The number of anilines is 1. The van der Waals surface area contributed by atoms with E-state index in [1.165, 1.54) is 11.3 Å². The van der Waals surface area contributed by atoms with Crippen LogP contribution < -0.4 is 9.64 Å². The molecular weight excluding hydrogens is 350 g/mol. The summed E-state index contributed by atoms with van der Waals surface area (Å²) in [5, 5.41) is 4.92. The molecule has 0 radical (unpaired) electrons. The fraction of sp³-hybridized carbons (Fsp3) is 0.389. The second-order valence-corrected chi connectivity index (χ2v) is 7.20. The van der Waals surface area contributed by atoms with Crippen molar-refractivity contribution in [3.8, 4) is 5.75 Å². The highest BCUT2D eigenvalue weighted by molar-refractivity contribution is 7.22. The molecule has 0 spiro atoms. The van der Waals surface area contributed by atoms with E-state index in [4.69, 9.17) is 4.74 Å². The second kappa shape index (κ2) is 7.84. The molecule has 7 nitrogen and oxygen atoms in total. The van der Waals surface area contributed by atoms with Gasteiger partial charge in [0, 0.05) is 26.3 Å². The number of carbonyl (C=O) groups is 1. The minimum Gasteiger partial charge on any atom is -0.494 e. The molecule has 26 heavy (non-hydrogen) atoms. The van der Waals surface area contributed by atoms with E-state index in [0.717, 1.165) is 22.5 Å². The Balaban J connectivity index is 1.95. The molecule has 8 heteroatoms. The fourth-order valence-electron chi connectivity index (χ4n) is 2.52. The molecule has 0 aliphatic rings. The summed E-state index contributed by atoms with van der Waals surface area (Å²) >= 11 is 1.49. The van der Waals surface area contributed by atoms with Gasteiger partial charge in [-0.05, 0) is 45.3 Å². The number of amides is 1. The number of likely N-dealkylation sites (N-methyl/N-ethyl adjacent to an activating group) is 1. The van der Waals surface area contributed by atoms with Crippen molar-refractivity contribution in [2.45, 2.75) is 6.92 Å². The minimum absolute atomic E-state index is 0.142. The summed E-state index contributed by atoms with van der Waals surface area (Å²) in [7, 11) is 5.76.